The minimum absolute atomic E-state index is 0.122. The average molecular weight is 278 g/mol. The van der Waals surface area contributed by atoms with E-state index in [1.807, 2.05) is 24.3 Å². The highest BCUT2D eigenvalue weighted by molar-refractivity contribution is 6.31. The molecule has 0 aliphatic rings. The zero-order valence-electron chi connectivity index (χ0n) is 11.0. The number of hydrogen-bond acceptors (Lipinski definition) is 2. The molecule has 0 saturated carbocycles. The van der Waals surface area contributed by atoms with Crippen molar-refractivity contribution in [3.63, 3.8) is 0 Å². The van der Waals surface area contributed by atoms with E-state index in [0.717, 1.165) is 17.8 Å². The normalized spacial score (nSPS) is 10.5. The number of nitrogens with zero attached hydrogens (tertiary/aromatic N) is 2. The van der Waals surface area contributed by atoms with Crippen molar-refractivity contribution in [2.45, 2.75) is 26.8 Å². The number of aromatic nitrogens is 2. The Morgan fingerprint density at radius 1 is 1.37 bits per heavy atom. The first-order valence-electron chi connectivity index (χ1n) is 6.17. The van der Waals surface area contributed by atoms with Crippen LogP contribution < -0.4 is 5.32 Å². The predicted octanol–water partition coefficient (Wildman–Crippen LogP) is 3.05. The second-order valence-corrected chi connectivity index (χ2v) is 4.77. The minimum atomic E-state index is -0.122. The first-order valence-corrected chi connectivity index (χ1v) is 6.54. The van der Waals surface area contributed by atoms with Crippen LogP contribution >= 0.6 is 11.6 Å². The molecule has 1 amide bonds. The van der Waals surface area contributed by atoms with E-state index < -0.39 is 0 Å². The molecular weight excluding hydrogens is 262 g/mol. The summed E-state index contributed by atoms with van der Waals surface area (Å²) in [5.74, 6) is -0.122. The van der Waals surface area contributed by atoms with Gasteiger partial charge < -0.3 is 5.32 Å². The lowest BCUT2D eigenvalue weighted by atomic mass is 10.1. The van der Waals surface area contributed by atoms with Crippen molar-refractivity contribution in [1.29, 1.82) is 0 Å². The topological polar surface area (TPSA) is 46.9 Å². The molecule has 0 atom stereocenters. The molecule has 19 heavy (non-hydrogen) atoms. The Balaban J connectivity index is 1.96. The van der Waals surface area contributed by atoms with Crippen LogP contribution in [0.2, 0.25) is 5.02 Å². The average Bonchev–Trinajstić information content (AvgIpc) is 2.69. The Morgan fingerprint density at radius 3 is 2.58 bits per heavy atom. The number of rotatable bonds is 4. The van der Waals surface area contributed by atoms with Crippen LogP contribution in [0.25, 0.3) is 0 Å². The van der Waals surface area contributed by atoms with Crippen LogP contribution in [0.1, 0.15) is 18.2 Å². The molecule has 100 valence electrons. The van der Waals surface area contributed by atoms with Gasteiger partial charge in [-0.25, -0.2) is 0 Å². The van der Waals surface area contributed by atoms with Gasteiger partial charge in [0.25, 0.3) is 0 Å². The van der Waals surface area contributed by atoms with Crippen molar-refractivity contribution >= 4 is 23.2 Å². The molecule has 0 fully saturated rings. The fourth-order valence-corrected chi connectivity index (χ4v) is 1.90. The summed E-state index contributed by atoms with van der Waals surface area (Å²) in [4.78, 5) is 11.8. The van der Waals surface area contributed by atoms with Crippen LogP contribution in [-0.2, 0) is 17.8 Å². The molecule has 0 saturated heterocycles. The Hall–Kier alpha value is -1.81. The molecule has 1 aromatic carbocycles. The van der Waals surface area contributed by atoms with Gasteiger partial charge in [-0.3, -0.25) is 9.48 Å². The van der Waals surface area contributed by atoms with E-state index in [-0.39, 0.29) is 12.5 Å². The summed E-state index contributed by atoms with van der Waals surface area (Å²) < 4.78 is 1.54. The van der Waals surface area contributed by atoms with Gasteiger partial charge in [0, 0.05) is 11.9 Å². The molecule has 0 aliphatic heterocycles. The summed E-state index contributed by atoms with van der Waals surface area (Å²) >= 11 is 5.89. The van der Waals surface area contributed by atoms with E-state index in [4.69, 9.17) is 11.6 Å². The molecule has 0 spiro atoms. The van der Waals surface area contributed by atoms with E-state index in [1.54, 1.807) is 13.1 Å². The molecule has 0 unspecified atom stereocenters. The maximum absolute atomic E-state index is 11.8. The smallest absolute Gasteiger partial charge is 0.246 e. The summed E-state index contributed by atoms with van der Waals surface area (Å²) in [5.41, 5.74) is 2.76. The zero-order chi connectivity index (χ0) is 13.8. The fraction of sp³-hybridized carbons (Fsp3) is 0.286. The first kappa shape index (κ1) is 13.6. The molecule has 1 heterocycles. The highest BCUT2D eigenvalue weighted by Gasteiger charge is 2.07. The largest absolute Gasteiger partial charge is 0.324 e. The van der Waals surface area contributed by atoms with Crippen LogP contribution in [0.5, 0.6) is 0 Å². The number of carbonyl (C=O) groups is 1. The number of hydrogen-bond donors (Lipinski definition) is 1. The van der Waals surface area contributed by atoms with Crippen molar-refractivity contribution in [3.8, 4) is 0 Å². The zero-order valence-corrected chi connectivity index (χ0v) is 11.7. The Kier molecular flexibility index (Phi) is 4.22. The third-order valence-electron chi connectivity index (χ3n) is 2.84. The number of nitrogens with one attached hydrogen (secondary N) is 1. The number of halogens is 1. The fourth-order valence-electron chi connectivity index (χ4n) is 1.75. The van der Waals surface area contributed by atoms with Crippen molar-refractivity contribution in [2.24, 2.45) is 0 Å². The van der Waals surface area contributed by atoms with Gasteiger partial charge in [0.2, 0.25) is 5.91 Å². The van der Waals surface area contributed by atoms with Crippen LogP contribution in [0.3, 0.4) is 0 Å². The molecule has 1 aromatic heterocycles. The van der Waals surface area contributed by atoms with Crippen molar-refractivity contribution < 1.29 is 4.79 Å². The maximum atomic E-state index is 11.8. The number of benzene rings is 1. The van der Waals surface area contributed by atoms with Gasteiger partial charge in [0.15, 0.2) is 0 Å². The molecule has 0 aliphatic carbocycles. The SMILES string of the molecule is CCc1ccc(NC(=O)Cn2cc(Cl)c(C)n2)cc1. The first-order chi connectivity index (χ1) is 9.08. The van der Waals surface area contributed by atoms with E-state index in [1.165, 1.54) is 10.2 Å². The van der Waals surface area contributed by atoms with Crippen LogP contribution in [0.15, 0.2) is 30.5 Å². The maximum Gasteiger partial charge on any atom is 0.246 e. The number of anilines is 1. The third-order valence-corrected chi connectivity index (χ3v) is 3.21. The summed E-state index contributed by atoms with van der Waals surface area (Å²) in [7, 11) is 0. The van der Waals surface area contributed by atoms with Gasteiger partial charge in [0.1, 0.15) is 6.54 Å². The quantitative estimate of drug-likeness (QED) is 0.934. The molecule has 4 nitrogen and oxygen atoms in total. The second-order valence-electron chi connectivity index (χ2n) is 4.36. The summed E-state index contributed by atoms with van der Waals surface area (Å²) in [6.45, 7) is 4.06. The summed E-state index contributed by atoms with van der Waals surface area (Å²) in [6, 6.07) is 7.81. The van der Waals surface area contributed by atoms with Gasteiger partial charge in [-0.05, 0) is 31.0 Å². The molecule has 0 radical (unpaired) electrons. The molecular formula is C14H16ClN3O. The number of aryl methyl sites for hydroxylation is 2. The lowest BCUT2D eigenvalue weighted by molar-refractivity contribution is -0.116. The van der Waals surface area contributed by atoms with Crippen LogP contribution in [0.4, 0.5) is 5.69 Å². The van der Waals surface area contributed by atoms with E-state index in [9.17, 15) is 4.79 Å². The molecule has 5 heteroatoms. The summed E-state index contributed by atoms with van der Waals surface area (Å²) in [5, 5.41) is 7.54. The molecule has 2 rings (SSSR count). The lowest BCUT2D eigenvalue weighted by Crippen LogP contribution is -2.19. The summed E-state index contributed by atoms with van der Waals surface area (Å²) in [6.07, 6.45) is 2.63. The Bertz CT molecular complexity index is 555. The van der Waals surface area contributed by atoms with Gasteiger partial charge in [0.05, 0.1) is 10.7 Å². The van der Waals surface area contributed by atoms with E-state index >= 15 is 0 Å². The molecule has 1 N–H and O–H groups in total. The van der Waals surface area contributed by atoms with Crippen molar-refractivity contribution in [2.75, 3.05) is 5.32 Å². The number of amides is 1. The molecule has 2 aromatic rings. The minimum Gasteiger partial charge on any atom is -0.324 e. The van der Waals surface area contributed by atoms with Crippen molar-refractivity contribution in [3.05, 3.63) is 46.7 Å². The van der Waals surface area contributed by atoms with Gasteiger partial charge >= 0.3 is 0 Å². The van der Waals surface area contributed by atoms with Crippen LogP contribution in [-0.4, -0.2) is 15.7 Å². The highest BCUT2D eigenvalue weighted by Crippen LogP contribution is 2.13. The Labute approximate surface area is 117 Å². The monoisotopic (exact) mass is 277 g/mol. The van der Waals surface area contributed by atoms with Crippen LogP contribution in [0, 0.1) is 6.92 Å². The van der Waals surface area contributed by atoms with Gasteiger partial charge in [-0.15, -0.1) is 0 Å². The van der Waals surface area contributed by atoms with Crippen molar-refractivity contribution in [1.82, 2.24) is 9.78 Å². The lowest BCUT2D eigenvalue weighted by Gasteiger charge is -2.06. The van der Waals surface area contributed by atoms with Gasteiger partial charge in [-0.1, -0.05) is 30.7 Å². The van der Waals surface area contributed by atoms with E-state index in [2.05, 4.69) is 17.3 Å². The Morgan fingerprint density at radius 2 is 2.05 bits per heavy atom. The highest BCUT2D eigenvalue weighted by atomic mass is 35.5. The number of carbonyl (C=O) groups excluding carboxylic acids is 1. The standard InChI is InChI=1S/C14H16ClN3O/c1-3-11-4-6-12(7-5-11)16-14(19)9-18-8-13(15)10(2)17-18/h4-8H,3,9H2,1-2H3,(H,16,19). The van der Waals surface area contributed by atoms with Gasteiger partial charge in [-0.2, -0.15) is 5.10 Å². The second kappa shape index (κ2) is 5.89. The van der Waals surface area contributed by atoms with E-state index in [0.29, 0.717) is 5.02 Å². The molecule has 0 bridgehead atoms. The third kappa shape index (κ3) is 3.58. The predicted molar refractivity (Wildman–Crippen MR) is 76.4 cm³/mol.